The van der Waals surface area contributed by atoms with E-state index < -0.39 is 27.7 Å². The molecule has 17 heavy (non-hydrogen) atoms. The summed E-state index contributed by atoms with van der Waals surface area (Å²) in [6.45, 7) is 1.35. The Kier molecular flexibility index (Phi) is 4.07. The van der Waals surface area contributed by atoms with Gasteiger partial charge in [0.05, 0.1) is 17.6 Å². The number of rotatable bonds is 1. The van der Waals surface area contributed by atoms with Gasteiger partial charge in [0.15, 0.2) is 9.84 Å². The van der Waals surface area contributed by atoms with Gasteiger partial charge < -0.3 is 10.2 Å². The Hall–Kier alpha value is -1.62. The van der Waals surface area contributed by atoms with E-state index in [1.54, 1.807) is 13.0 Å². The van der Waals surface area contributed by atoms with Crippen molar-refractivity contribution in [2.45, 2.75) is 13.0 Å². The lowest BCUT2D eigenvalue weighted by atomic mass is 10.3. The molecule has 94 valence electrons. The number of sulfone groups is 1. The number of amides is 2. The summed E-state index contributed by atoms with van der Waals surface area (Å²) >= 11 is 0. The van der Waals surface area contributed by atoms with E-state index in [-0.39, 0.29) is 24.6 Å². The largest absolute Gasteiger partial charge is 0.335 e. The fourth-order valence-electron chi connectivity index (χ4n) is 1.63. The van der Waals surface area contributed by atoms with E-state index in [2.05, 4.69) is 5.32 Å². The minimum atomic E-state index is -3.12. The highest BCUT2D eigenvalue weighted by Crippen LogP contribution is 2.11. The molecular weight excluding hydrogens is 246 g/mol. The van der Waals surface area contributed by atoms with E-state index >= 15 is 0 Å². The fraction of sp³-hybridized carbons (Fsp3) is 0.667. The Morgan fingerprint density at radius 3 is 2.71 bits per heavy atom. The van der Waals surface area contributed by atoms with Gasteiger partial charge in [-0.2, -0.15) is 5.26 Å². The molecule has 1 N–H and O–H groups in total. The predicted octanol–water partition coefficient (Wildman–Crippen LogP) is -1.73. The van der Waals surface area contributed by atoms with E-state index in [9.17, 15) is 18.0 Å². The van der Waals surface area contributed by atoms with Crippen molar-refractivity contribution in [1.82, 2.24) is 10.2 Å². The summed E-state index contributed by atoms with van der Waals surface area (Å²) in [5.41, 5.74) is 0. The second kappa shape index (κ2) is 5.14. The summed E-state index contributed by atoms with van der Waals surface area (Å²) in [5, 5.41) is 10.4. The first-order chi connectivity index (χ1) is 7.87. The SMILES string of the molecule is CC1CS(=O)(=O)CCN1C(=O)C(=O)NCC#N. The highest BCUT2D eigenvalue weighted by Gasteiger charge is 2.33. The van der Waals surface area contributed by atoms with Gasteiger partial charge in [0.25, 0.3) is 0 Å². The lowest BCUT2D eigenvalue weighted by molar-refractivity contribution is -0.146. The fourth-order valence-corrected chi connectivity index (χ4v) is 3.18. The molecule has 7 nitrogen and oxygen atoms in total. The Bertz CT molecular complexity index is 465. The molecule has 0 radical (unpaired) electrons. The lowest BCUT2D eigenvalue weighted by Gasteiger charge is -2.32. The zero-order valence-corrected chi connectivity index (χ0v) is 10.2. The van der Waals surface area contributed by atoms with E-state index in [1.807, 2.05) is 0 Å². The molecule has 0 aromatic heterocycles. The van der Waals surface area contributed by atoms with Crippen LogP contribution < -0.4 is 5.32 Å². The highest BCUT2D eigenvalue weighted by molar-refractivity contribution is 7.91. The molecule has 1 rings (SSSR count). The quantitative estimate of drug-likeness (QED) is 0.445. The maximum absolute atomic E-state index is 11.6. The first-order valence-electron chi connectivity index (χ1n) is 5.03. The molecule has 1 atom stereocenters. The minimum Gasteiger partial charge on any atom is -0.335 e. The van der Waals surface area contributed by atoms with Gasteiger partial charge in [0.1, 0.15) is 6.54 Å². The minimum absolute atomic E-state index is 0.0162. The topological polar surface area (TPSA) is 107 Å². The first-order valence-corrected chi connectivity index (χ1v) is 6.85. The summed E-state index contributed by atoms with van der Waals surface area (Å²) in [6.07, 6.45) is 0. The van der Waals surface area contributed by atoms with Crippen molar-refractivity contribution in [3.05, 3.63) is 0 Å². The van der Waals surface area contributed by atoms with Gasteiger partial charge in [-0.05, 0) is 6.92 Å². The summed E-state index contributed by atoms with van der Waals surface area (Å²) in [7, 11) is -3.12. The highest BCUT2D eigenvalue weighted by atomic mass is 32.2. The van der Waals surface area contributed by atoms with Crippen molar-refractivity contribution in [3.8, 4) is 6.07 Å². The van der Waals surface area contributed by atoms with Crippen molar-refractivity contribution in [3.63, 3.8) is 0 Å². The van der Waals surface area contributed by atoms with Crippen molar-refractivity contribution in [1.29, 1.82) is 5.26 Å². The number of carbonyl (C=O) groups excluding carboxylic acids is 2. The number of nitrogens with zero attached hydrogens (tertiary/aromatic N) is 2. The maximum Gasteiger partial charge on any atom is 0.312 e. The number of nitrogens with one attached hydrogen (secondary N) is 1. The molecule has 1 saturated heterocycles. The van der Waals surface area contributed by atoms with Crippen LogP contribution in [0.25, 0.3) is 0 Å². The van der Waals surface area contributed by atoms with Crippen LogP contribution in [0.15, 0.2) is 0 Å². The van der Waals surface area contributed by atoms with Crippen LogP contribution in [0, 0.1) is 11.3 Å². The first kappa shape index (κ1) is 13.4. The van der Waals surface area contributed by atoms with Crippen LogP contribution in [-0.2, 0) is 19.4 Å². The van der Waals surface area contributed by atoms with Gasteiger partial charge in [0.2, 0.25) is 0 Å². The van der Waals surface area contributed by atoms with Crippen molar-refractivity contribution < 1.29 is 18.0 Å². The van der Waals surface area contributed by atoms with Crippen LogP contribution >= 0.6 is 0 Å². The van der Waals surface area contributed by atoms with Gasteiger partial charge in [-0.3, -0.25) is 9.59 Å². The monoisotopic (exact) mass is 259 g/mol. The second-order valence-corrected chi connectivity index (χ2v) is 6.03. The third-order valence-corrected chi connectivity index (χ3v) is 4.25. The third-order valence-electron chi connectivity index (χ3n) is 2.45. The zero-order chi connectivity index (χ0) is 13.1. The molecule has 0 aromatic carbocycles. The van der Waals surface area contributed by atoms with Crippen LogP contribution in [-0.4, -0.2) is 55.8 Å². The zero-order valence-electron chi connectivity index (χ0n) is 9.34. The van der Waals surface area contributed by atoms with E-state index in [0.29, 0.717) is 0 Å². The summed E-state index contributed by atoms with van der Waals surface area (Å²) in [4.78, 5) is 24.2. The lowest BCUT2D eigenvalue weighted by Crippen LogP contribution is -2.54. The molecule has 1 aliphatic heterocycles. The molecule has 2 amide bonds. The average Bonchev–Trinajstić information content (AvgIpc) is 2.23. The Balaban J connectivity index is 2.66. The van der Waals surface area contributed by atoms with Gasteiger partial charge in [-0.25, -0.2) is 8.42 Å². The number of hydrogen-bond acceptors (Lipinski definition) is 5. The van der Waals surface area contributed by atoms with Crippen LogP contribution in [0.5, 0.6) is 0 Å². The predicted molar refractivity (Wildman–Crippen MR) is 58.5 cm³/mol. The molecule has 0 bridgehead atoms. The number of nitriles is 1. The smallest absolute Gasteiger partial charge is 0.312 e. The molecule has 0 aromatic rings. The van der Waals surface area contributed by atoms with Gasteiger partial charge in [0, 0.05) is 12.6 Å². The van der Waals surface area contributed by atoms with Crippen molar-refractivity contribution >= 4 is 21.7 Å². The molecule has 0 spiro atoms. The van der Waals surface area contributed by atoms with Crippen molar-refractivity contribution in [2.24, 2.45) is 0 Å². The Morgan fingerprint density at radius 2 is 2.18 bits per heavy atom. The molecule has 1 aliphatic rings. The van der Waals surface area contributed by atoms with Gasteiger partial charge in [-0.1, -0.05) is 0 Å². The normalized spacial score (nSPS) is 22.6. The molecule has 1 heterocycles. The third kappa shape index (κ3) is 3.42. The van der Waals surface area contributed by atoms with Gasteiger partial charge >= 0.3 is 11.8 Å². The maximum atomic E-state index is 11.6. The molecule has 0 aliphatic carbocycles. The van der Waals surface area contributed by atoms with Crippen LogP contribution in [0.4, 0.5) is 0 Å². The summed E-state index contributed by atoms with van der Waals surface area (Å²) in [6, 6.07) is 1.16. The Labute approximate surface area is 99.3 Å². The van der Waals surface area contributed by atoms with Gasteiger partial charge in [-0.15, -0.1) is 0 Å². The molecular formula is C9H13N3O4S. The molecule has 0 saturated carbocycles. The van der Waals surface area contributed by atoms with Crippen LogP contribution in [0.2, 0.25) is 0 Å². The second-order valence-electron chi connectivity index (χ2n) is 3.80. The molecule has 1 fully saturated rings. The van der Waals surface area contributed by atoms with Crippen molar-refractivity contribution in [2.75, 3.05) is 24.6 Å². The standard InChI is InChI=1S/C9H13N3O4S/c1-7-6-17(15,16)5-4-12(7)9(14)8(13)11-3-2-10/h7H,3-6H2,1H3,(H,11,13). The molecule has 8 heteroatoms. The van der Waals surface area contributed by atoms with Crippen LogP contribution in [0.1, 0.15) is 6.92 Å². The summed E-state index contributed by atoms with van der Waals surface area (Å²) < 4.78 is 22.6. The summed E-state index contributed by atoms with van der Waals surface area (Å²) in [5.74, 6) is -1.93. The number of hydrogen-bond donors (Lipinski definition) is 1. The van der Waals surface area contributed by atoms with E-state index in [0.717, 1.165) is 0 Å². The van der Waals surface area contributed by atoms with E-state index in [4.69, 9.17) is 5.26 Å². The number of carbonyl (C=O) groups is 2. The molecule has 1 unspecified atom stereocenters. The average molecular weight is 259 g/mol. The van der Waals surface area contributed by atoms with E-state index in [1.165, 1.54) is 4.90 Å². The Morgan fingerprint density at radius 1 is 1.53 bits per heavy atom. The van der Waals surface area contributed by atoms with Crippen LogP contribution in [0.3, 0.4) is 0 Å².